The number of carbonyl (C=O) groups excluding carboxylic acids is 1. The van der Waals surface area contributed by atoms with Gasteiger partial charge < -0.3 is 4.40 Å². The predicted molar refractivity (Wildman–Crippen MR) is 98.9 cm³/mol. The maximum absolute atomic E-state index is 13.1. The van der Waals surface area contributed by atoms with E-state index in [0.717, 1.165) is 5.52 Å². The number of ketones is 1. The van der Waals surface area contributed by atoms with Crippen molar-refractivity contribution in [2.75, 3.05) is 0 Å². The number of fused-ring (bicyclic) bond motifs is 1. The summed E-state index contributed by atoms with van der Waals surface area (Å²) in [7, 11) is 0. The zero-order chi connectivity index (χ0) is 18.8. The molecule has 0 unspecified atom stereocenters. The minimum absolute atomic E-state index is 0.0548. The van der Waals surface area contributed by atoms with E-state index in [1.54, 1.807) is 12.1 Å². The standard InChI is InChI=1S/C21H17N3O3/c25-20(15-22-10-3-1-4-11-22)21-19(14-17-8-2-5-12-23(17)21)16-7-6-9-18(13-16)24(26)27/h1-14H,15H2,(H,26,27)/q+2. The number of hydrogen-bond donors (Lipinski definition) is 1. The van der Waals surface area contributed by atoms with Gasteiger partial charge in [-0.15, -0.1) is 0 Å². The highest BCUT2D eigenvalue weighted by Crippen LogP contribution is 2.30. The third-order valence-electron chi connectivity index (χ3n) is 4.43. The summed E-state index contributed by atoms with van der Waals surface area (Å²) >= 11 is 0. The van der Waals surface area contributed by atoms with E-state index in [-0.39, 0.29) is 22.9 Å². The molecular formula is C21H17N3O3+2. The Morgan fingerprint density at radius 3 is 2.59 bits per heavy atom. The first kappa shape index (κ1) is 16.7. The molecule has 0 spiro atoms. The summed E-state index contributed by atoms with van der Waals surface area (Å²) in [5, 5.41) is 9.21. The molecular weight excluding hydrogens is 342 g/mol. The molecule has 6 nitrogen and oxygen atoms in total. The van der Waals surface area contributed by atoms with Crippen molar-refractivity contribution in [2.45, 2.75) is 6.54 Å². The fourth-order valence-electron chi connectivity index (χ4n) is 3.20. The van der Waals surface area contributed by atoms with Crippen molar-refractivity contribution in [2.24, 2.45) is 0 Å². The summed E-state index contributed by atoms with van der Waals surface area (Å²) in [6.45, 7) is 0.197. The van der Waals surface area contributed by atoms with Crippen LogP contribution in [0.5, 0.6) is 0 Å². The van der Waals surface area contributed by atoms with E-state index in [2.05, 4.69) is 0 Å². The van der Waals surface area contributed by atoms with Gasteiger partial charge in [-0.3, -0.25) is 4.79 Å². The Hall–Kier alpha value is -3.80. The average Bonchev–Trinajstić information content (AvgIpc) is 3.08. The Morgan fingerprint density at radius 2 is 1.81 bits per heavy atom. The van der Waals surface area contributed by atoms with E-state index in [9.17, 15) is 14.9 Å². The van der Waals surface area contributed by atoms with E-state index in [4.69, 9.17) is 0 Å². The molecule has 3 heterocycles. The Balaban J connectivity index is 1.86. The highest BCUT2D eigenvalue weighted by Gasteiger charge is 2.23. The van der Waals surface area contributed by atoms with Crippen LogP contribution in [0.1, 0.15) is 10.5 Å². The molecule has 0 radical (unpaired) electrons. The zero-order valence-electron chi connectivity index (χ0n) is 14.4. The van der Waals surface area contributed by atoms with Crippen LogP contribution in [0.4, 0.5) is 5.69 Å². The lowest BCUT2D eigenvalue weighted by Crippen LogP contribution is -2.37. The lowest BCUT2D eigenvalue weighted by Gasteiger charge is -2.05. The summed E-state index contributed by atoms with van der Waals surface area (Å²) < 4.78 is 3.67. The van der Waals surface area contributed by atoms with Gasteiger partial charge in [-0.2, -0.15) is 4.57 Å². The van der Waals surface area contributed by atoms with E-state index in [1.807, 2.05) is 76.1 Å². The smallest absolute Gasteiger partial charge is 0.313 e. The SMILES string of the molecule is O=C(C[n+]1ccccc1)c1c(-c2cccc([N+](=O)O)c2)cc2ccccn12. The first-order valence-corrected chi connectivity index (χ1v) is 8.47. The minimum atomic E-state index is -0.180. The number of aromatic nitrogens is 2. The highest BCUT2D eigenvalue weighted by atomic mass is 16.6. The largest absolute Gasteiger partial charge is 0.317 e. The molecule has 4 rings (SSSR count). The van der Waals surface area contributed by atoms with Crippen LogP contribution in [0, 0.1) is 4.91 Å². The van der Waals surface area contributed by atoms with Crippen LogP contribution >= 0.6 is 0 Å². The van der Waals surface area contributed by atoms with Crippen LogP contribution in [-0.4, -0.2) is 20.3 Å². The van der Waals surface area contributed by atoms with Crippen LogP contribution in [0.3, 0.4) is 0 Å². The van der Waals surface area contributed by atoms with Crippen LogP contribution in [-0.2, 0) is 6.54 Å². The molecule has 0 amide bonds. The van der Waals surface area contributed by atoms with E-state index < -0.39 is 0 Å². The van der Waals surface area contributed by atoms with Crippen molar-refractivity contribution in [3.8, 4) is 11.1 Å². The van der Waals surface area contributed by atoms with Gasteiger partial charge in [0.05, 0.1) is 4.91 Å². The molecule has 1 aromatic carbocycles. The second-order valence-electron chi connectivity index (χ2n) is 6.20. The number of pyridine rings is 2. The molecule has 0 aliphatic heterocycles. The second-order valence-corrected chi connectivity index (χ2v) is 6.20. The van der Waals surface area contributed by atoms with Gasteiger partial charge in [0.25, 0.3) is 4.92 Å². The van der Waals surface area contributed by atoms with Gasteiger partial charge in [0.2, 0.25) is 12.3 Å². The molecule has 6 heteroatoms. The molecule has 0 atom stereocenters. The van der Waals surface area contributed by atoms with Crippen molar-refractivity contribution in [3.63, 3.8) is 0 Å². The second kappa shape index (κ2) is 6.84. The zero-order valence-corrected chi connectivity index (χ0v) is 14.4. The summed E-state index contributed by atoms with van der Waals surface area (Å²) in [4.78, 5) is 24.2. The monoisotopic (exact) mass is 359 g/mol. The number of hydrogen-bond acceptors (Lipinski definition) is 2. The number of benzene rings is 1. The van der Waals surface area contributed by atoms with Crippen molar-refractivity contribution in [3.05, 3.63) is 95.9 Å². The number of nitrogens with zero attached hydrogens (tertiary/aromatic N) is 3. The Bertz CT molecular complexity index is 1150. The first-order valence-electron chi connectivity index (χ1n) is 8.47. The minimum Gasteiger partial charge on any atom is -0.313 e. The van der Waals surface area contributed by atoms with E-state index in [0.29, 0.717) is 16.8 Å². The molecule has 0 saturated heterocycles. The quantitative estimate of drug-likeness (QED) is 0.336. The third kappa shape index (κ3) is 3.20. The molecule has 0 bridgehead atoms. The van der Waals surface area contributed by atoms with E-state index >= 15 is 0 Å². The lowest BCUT2D eigenvalue weighted by atomic mass is 10.0. The molecule has 4 aromatic rings. The van der Waals surface area contributed by atoms with Crippen LogP contribution < -0.4 is 4.57 Å². The van der Waals surface area contributed by atoms with Gasteiger partial charge in [-0.25, -0.2) is 5.21 Å². The van der Waals surface area contributed by atoms with Crippen molar-refractivity contribution in [1.29, 1.82) is 0 Å². The van der Waals surface area contributed by atoms with Gasteiger partial charge in [-0.1, -0.05) is 24.3 Å². The van der Waals surface area contributed by atoms with Crippen molar-refractivity contribution >= 4 is 17.0 Å². The Kier molecular flexibility index (Phi) is 4.22. The van der Waals surface area contributed by atoms with Crippen LogP contribution in [0.15, 0.2) is 85.3 Å². The first-order chi connectivity index (χ1) is 13.1. The number of rotatable bonds is 5. The van der Waals surface area contributed by atoms with Crippen molar-refractivity contribution < 1.29 is 19.5 Å². The predicted octanol–water partition coefficient (Wildman–Crippen LogP) is 3.58. The molecule has 0 aliphatic rings. The Labute approximate surface area is 155 Å². The molecule has 132 valence electrons. The molecule has 0 aliphatic carbocycles. The van der Waals surface area contributed by atoms with Gasteiger partial charge >= 0.3 is 5.69 Å². The topological polar surface area (TPSA) is 65.7 Å². The van der Waals surface area contributed by atoms with Crippen LogP contribution in [0.25, 0.3) is 16.6 Å². The highest BCUT2D eigenvalue weighted by molar-refractivity contribution is 6.02. The molecule has 3 aromatic heterocycles. The van der Waals surface area contributed by atoms with Gasteiger partial charge in [0.1, 0.15) is 5.69 Å². The maximum Gasteiger partial charge on any atom is 0.317 e. The molecule has 0 saturated carbocycles. The maximum atomic E-state index is 13.1. The van der Waals surface area contributed by atoms with Gasteiger partial charge in [0.15, 0.2) is 12.4 Å². The summed E-state index contributed by atoms with van der Waals surface area (Å²) in [6.07, 6.45) is 5.53. The lowest BCUT2D eigenvalue weighted by molar-refractivity contribution is -0.729. The van der Waals surface area contributed by atoms with Crippen molar-refractivity contribution in [1.82, 2.24) is 4.40 Å². The van der Waals surface area contributed by atoms with Gasteiger partial charge in [0, 0.05) is 41.5 Å². The third-order valence-corrected chi connectivity index (χ3v) is 4.43. The Morgan fingerprint density at radius 1 is 1.00 bits per heavy atom. The number of Topliss-reactive ketones (excluding diaryl/α,β-unsaturated/α-hetero) is 1. The van der Waals surface area contributed by atoms with Gasteiger partial charge in [-0.05, 0) is 23.8 Å². The van der Waals surface area contributed by atoms with Crippen LogP contribution in [0.2, 0.25) is 0 Å². The average molecular weight is 359 g/mol. The molecule has 27 heavy (non-hydrogen) atoms. The van der Waals surface area contributed by atoms with E-state index in [1.165, 1.54) is 6.07 Å². The fourth-order valence-corrected chi connectivity index (χ4v) is 3.20. The summed E-state index contributed by atoms with van der Waals surface area (Å²) in [5.74, 6) is -0.0548. The fraction of sp³-hybridized carbons (Fsp3) is 0.0476. The summed E-state index contributed by atoms with van der Waals surface area (Å²) in [6, 6.07) is 19.8. The molecule has 1 N–H and O–H groups in total. The summed E-state index contributed by atoms with van der Waals surface area (Å²) in [5.41, 5.74) is 2.93. The number of carbonyl (C=O) groups is 1. The molecule has 0 fully saturated rings. The normalized spacial score (nSPS) is 10.8.